The number of halogens is 2. The highest BCUT2D eigenvalue weighted by Crippen LogP contribution is 1.97. The van der Waals surface area contributed by atoms with Crippen LogP contribution in [-0.4, -0.2) is 16.1 Å². The highest BCUT2D eigenvalue weighted by molar-refractivity contribution is 5.08. The standard InChI is InChI=1S/C8H9F2NO2/c9-7(10)4-11-3-1-2-6(5-12)8(11)13/h1-3,7,12H,4-5H2. The highest BCUT2D eigenvalue weighted by atomic mass is 19.3. The predicted octanol–water partition coefficient (Wildman–Crippen LogP) is 0.606. The molecule has 13 heavy (non-hydrogen) atoms. The molecule has 0 radical (unpaired) electrons. The molecule has 0 spiro atoms. The molecule has 0 saturated carbocycles. The van der Waals surface area contributed by atoms with Crippen LogP contribution in [0.4, 0.5) is 8.78 Å². The first-order valence-electron chi connectivity index (χ1n) is 3.72. The maximum absolute atomic E-state index is 11.9. The average molecular weight is 189 g/mol. The molecule has 0 aliphatic rings. The maximum Gasteiger partial charge on any atom is 0.256 e. The first kappa shape index (κ1) is 9.85. The molecule has 1 rings (SSSR count). The highest BCUT2D eigenvalue weighted by Gasteiger charge is 2.07. The van der Waals surface area contributed by atoms with Gasteiger partial charge >= 0.3 is 0 Å². The van der Waals surface area contributed by atoms with Gasteiger partial charge in [-0.1, -0.05) is 0 Å². The molecule has 1 aromatic heterocycles. The smallest absolute Gasteiger partial charge is 0.256 e. The minimum Gasteiger partial charge on any atom is -0.391 e. The molecule has 1 N–H and O–H groups in total. The van der Waals surface area contributed by atoms with Crippen LogP contribution < -0.4 is 5.56 Å². The summed E-state index contributed by atoms with van der Waals surface area (Å²) in [6.07, 6.45) is -1.29. The van der Waals surface area contributed by atoms with Crippen molar-refractivity contribution in [2.45, 2.75) is 19.6 Å². The van der Waals surface area contributed by atoms with Crippen molar-refractivity contribution >= 4 is 0 Å². The van der Waals surface area contributed by atoms with Gasteiger partial charge in [0.2, 0.25) is 0 Å². The van der Waals surface area contributed by atoms with Crippen LogP contribution in [0, 0.1) is 0 Å². The van der Waals surface area contributed by atoms with Gasteiger partial charge in [0.05, 0.1) is 13.2 Å². The monoisotopic (exact) mass is 189 g/mol. The lowest BCUT2D eigenvalue weighted by Crippen LogP contribution is -2.25. The summed E-state index contributed by atoms with van der Waals surface area (Å²) in [6, 6.07) is 2.86. The van der Waals surface area contributed by atoms with Gasteiger partial charge in [0.15, 0.2) is 0 Å². The number of alkyl halides is 2. The van der Waals surface area contributed by atoms with Gasteiger partial charge in [-0.05, 0) is 12.1 Å². The molecule has 5 heteroatoms. The van der Waals surface area contributed by atoms with Crippen LogP contribution in [-0.2, 0) is 13.2 Å². The Bertz CT molecular complexity index is 335. The summed E-state index contributed by atoms with van der Waals surface area (Å²) < 4.78 is 24.7. The van der Waals surface area contributed by atoms with Crippen molar-refractivity contribution in [1.82, 2.24) is 4.57 Å². The Labute approximate surface area is 73.2 Å². The van der Waals surface area contributed by atoms with E-state index in [2.05, 4.69) is 0 Å². The second-order valence-electron chi connectivity index (χ2n) is 2.54. The van der Waals surface area contributed by atoms with Gasteiger partial charge in [-0.2, -0.15) is 0 Å². The molecule has 0 amide bonds. The molecular weight excluding hydrogens is 180 g/mol. The van der Waals surface area contributed by atoms with E-state index in [0.717, 1.165) is 4.57 Å². The summed E-state index contributed by atoms with van der Waals surface area (Å²) in [6.45, 7) is -1.06. The van der Waals surface area contributed by atoms with E-state index in [1.807, 2.05) is 0 Å². The number of aliphatic hydroxyl groups excluding tert-OH is 1. The van der Waals surface area contributed by atoms with E-state index in [1.54, 1.807) is 0 Å². The van der Waals surface area contributed by atoms with Crippen LogP contribution in [0.3, 0.4) is 0 Å². The Hall–Kier alpha value is -1.23. The number of aliphatic hydroxyl groups is 1. The van der Waals surface area contributed by atoms with Crippen molar-refractivity contribution in [3.8, 4) is 0 Å². The molecule has 0 unspecified atom stereocenters. The van der Waals surface area contributed by atoms with Crippen molar-refractivity contribution in [2.24, 2.45) is 0 Å². The lowest BCUT2D eigenvalue weighted by atomic mass is 10.3. The Kier molecular flexibility index (Phi) is 3.13. The summed E-state index contributed by atoms with van der Waals surface area (Å²) in [7, 11) is 0. The van der Waals surface area contributed by atoms with Crippen LogP contribution in [0.15, 0.2) is 23.1 Å². The van der Waals surface area contributed by atoms with Crippen molar-refractivity contribution in [3.05, 3.63) is 34.2 Å². The fraction of sp³-hybridized carbons (Fsp3) is 0.375. The summed E-state index contributed by atoms with van der Waals surface area (Å²) >= 11 is 0. The van der Waals surface area contributed by atoms with Gasteiger partial charge < -0.3 is 9.67 Å². The van der Waals surface area contributed by atoms with Gasteiger partial charge in [0.25, 0.3) is 12.0 Å². The zero-order chi connectivity index (χ0) is 9.84. The third-order valence-electron chi connectivity index (χ3n) is 1.60. The molecule has 0 aliphatic heterocycles. The van der Waals surface area contributed by atoms with E-state index < -0.39 is 25.1 Å². The van der Waals surface area contributed by atoms with Crippen molar-refractivity contribution in [3.63, 3.8) is 0 Å². The van der Waals surface area contributed by atoms with Crippen molar-refractivity contribution in [2.75, 3.05) is 0 Å². The summed E-state index contributed by atoms with van der Waals surface area (Å²) in [5, 5.41) is 8.68. The first-order valence-corrected chi connectivity index (χ1v) is 3.72. The molecule has 0 fully saturated rings. The number of rotatable bonds is 3. The van der Waals surface area contributed by atoms with Crippen LogP contribution in [0.25, 0.3) is 0 Å². The summed E-state index contributed by atoms with van der Waals surface area (Å²) in [5.41, 5.74) is -0.437. The molecular formula is C8H9F2NO2. The molecule has 72 valence electrons. The van der Waals surface area contributed by atoms with E-state index in [-0.39, 0.29) is 5.56 Å². The lowest BCUT2D eigenvalue weighted by molar-refractivity contribution is 0.125. The Balaban J connectivity index is 3.02. The van der Waals surface area contributed by atoms with Gasteiger partial charge in [-0.3, -0.25) is 4.79 Å². The predicted molar refractivity (Wildman–Crippen MR) is 42.6 cm³/mol. The second-order valence-corrected chi connectivity index (χ2v) is 2.54. The Morgan fingerprint density at radius 3 is 2.77 bits per heavy atom. The van der Waals surface area contributed by atoms with Crippen LogP contribution >= 0.6 is 0 Å². The fourth-order valence-corrected chi connectivity index (χ4v) is 0.999. The largest absolute Gasteiger partial charge is 0.391 e. The molecule has 0 saturated heterocycles. The number of nitrogens with zero attached hydrogens (tertiary/aromatic N) is 1. The number of aromatic nitrogens is 1. The minimum atomic E-state index is -2.56. The van der Waals surface area contributed by atoms with Crippen LogP contribution in [0.2, 0.25) is 0 Å². The van der Waals surface area contributed by atoms with Crippen LogP contribution in [0.5, 0.6) is 0 Å². The normalized spacial score (nSPS) is 10.8. The van der Waals surface area contributed by atoms with Crippen molar-refractivity contribution in [1.29, 1.82) is 0 Å². The van der Waals surface area contributed by atoms with Gasteiger partial charge in [-0.15, -0.1) is 0 Å². The topological polar surface area (TPSA) is 42.2 Å². The van der Waals surface area contributed by atoms with Gasteiger partial charge in [0, 0.05) is 11.8 Å². The Morgan fingerprint density at radius 1 is 1.54 bits per heavy atom. The number of pyridine rings is 1. The number of hydrogen-bond acceptors (Lipinski definition) is 2. The van der Waals surface area contributed by atoms with E-state index in [0.29, 0.717) is 0 Å². The molecule has 0 atom stereocenters. The third-order valence-corrected chi connectivity index (χ3v) is 1.60. The zero-order valence-corrected chi connectivity index (χ0v) is 6.78. The quantitative estimate of drug-likeness (QED) is 0.756. The lowest BCUT2D eigenvalue weighted by Gasteiger charge is -2.05. The summed E-state index contributed by atoms with van der Waals surface area (Å²) in [5.74, 6) is 0. The zero-order valence-electron chi connectivity index (χ0n) is 6.78. The second kappa shape index (κ2) is 4.13. The van der Waals surface area contributed by atoms with E-state index in [1.165, 1.54) is 18.3 Å². The first-order chi connectivity index (χ1) is 6.15. The van der Waals surface area contributed by atoms with Gasteiger partial charge in [0.1, 0.15) is 0 Å². The average Bonchev–Trinajstić information content (AvgIpc) is 2.08. The van der Waals surface area contributed by atoms with Crippen molar-refractivity contribution < 1.29 is 13.9 Å². The summed E-state index contributed by atoms with van der Waals surface area (Å²) in [4.78, 5) is 11.2. The van der Waals surface area contributed by atoms with Crippen LogP contribution in [0.1, 0.15) is 5.56 Å². The fourth-order valence-electron chi connectivity index (χ4n) is 0.999. The molecule has 1 aromatic rings. The van der Waals surface area contributed by atoms with E-state index in [9.17, 15) is 13.6 Å². The molecule has 1 heterocycles. The molecule has 0 aromatic carbocycles. The van der Waals surface area contributed by atoms with E-state index in [4.69, 9.17) is 5.11 Å². The minimum absolute atomic E-state index is 0.128. The number of hydrogen-bond donors (Lipinski definition) is 1. The maximum atomic E-state index is 11.9. The SMILES string of the molecule is O=c1c(CO)cccn1CC(F)F. The molecule has 3 nitrogen and oxygen atoms in total. The third kappa shape index (κ3) is 2.35. The molecule has 0 bridgehead atoms. The van der Waals surface area contributed by atoms with Gasteiger partial charge in [-0.25, -0.2) is 8.78 Å². The Morgan fingerprint density at radius 2 is 2.23 bits per heavy atom. The molecule has 0 aliphatic carbocycles. The van der Waals surface area contributed by atoms with E-state index >= 15 is 0 Å².